The Morgan fingerprint density at radius 2 is 2.19 bits per heavy atom. The number of nitrogens with one attached hydrogen (secondary N) is 2. The van der Waals surface area contributed by atoms with Crippen molar-refractivity contribution in [2.24, 2.45) is 0 Å². The Labute approximate surface area is 93.5 Å². The summed E-state index contributed by atoms with van der Waals surface area (Å²) in [5, 5.41) is 14.6. The Morgan fingerprint density at radius 3 is 2.81 bits per heavy atom. The molecule has 4 nitrogen and oxygen atoms in total. The molecule has 0 saturated heterocycles. The van der Waals surface area contributed by atoms with Gasteiger partial charge in [-0.25, -0.2) is 4.39 Å². The summed E-state index contributed by atoms with van der Waals surface area (Å²) in [5.41, 5.74) is 0.648. The molecule has 0 aliphatic rings. The van der Waals surface area contributed by atoms with Gasteiger partial charge in [-0.15, -0.1) is 0 Å². The van der Waals surface area contributed by atoms with E-state index in [1.807, 2.05) is 0 Å². The van der Waals surface area contributed by atoms with Gasteiger partial charge in [-0.05, 0) is 17.7 Å². The molecule has 1 aromatic carbocycles. The van der Waals surface area contributed by atoms with E-state index < -0.39 is 5.82 Å². The Balaban J connectivity index is 2.34. The average Bonchev–Trinajstić information content (AvgIpc) is 2.22. The number of hydrogen-bond acceptors (Lipinski definition) is 3. The molecule has 1 amide bonds. The molecule has 0 bridgehead atoms. The number of halogens is 1. The molecule has 3 N–H and O–H groups in total. The lowest BCUT2D eigenvalue weighted by atomic mass is 10.2. The summed E-state index contributed by atoms with van der Waals surface area (Å²) in [5.74, 6) is -0.610. The number of amides is 1. The van der Waals surface area contributed by atoms with Crippen molar-refractivity contribution >= 4 is 5.91 Å². The third-order valence-corrected chi connectivity index (χ3v) is 2.08. The van der Waals surface area contributed by atoms with Crippen molar-refractivity contribution in [1.82, 2.24) is 10.6 Å². The van der Waals surface area contributed by atoms with Crippen molar-refractivity contribution in [3.8, 4) is 5.75 Å². The van der Waals surface area contributed by atoms with Crippen LogP contribution >= 0.6 is 0 Å². The topological polar surface area (TPSA) is 61.4 Å². The first-order valence-corrected chi connectivity index (χ1v) is 5.01. The van der Waals surface area contributed by atoms with Crippen LogP contribution in [0.25, 0.3) is 0 Å². The summed E-state index contributed by atoms with van der Waals surface area (Å²) in [7, 11) is 1.58. The standard InChI is InChI=1S/C11H15FN2O2/c1-13-11(16)2-3-14-7-8-4-9(12)6-10(15)5-8/h4-6,14-15H,2-3,7H2,1H3,(H,13,16). The largest absolute Gasteiger partial charge is 0.508 e. The fraction of sp³-hybridized carbons (Fsp3) is 0.364. The van der Waals surface area contributed by atoms with E-state index in [9.17, 15) is 9.18 Å². The zero-order chi connectivity index (χ0) is 12.0. The molecule has 88 valence electrons. The van der Waals surface area contributed by atoms with Crippen LogP contribution < -0.4 is 10.6 Å². The second kappa shape index (κ2) is 6.07. The Bertz CT molecular complexity index is 349. The van der Waals surface area contributed by atoms with E-state index in [0.717, 1.165) is 6.07 Å². The van der Waals surface area contributed by atoms with Gasteiger partial charge in [0.2, 0.25) is 5.91 Å². The fourth-order valence-corrected chi connectivity index (χ4v) is 1.30. The lowest BCUT2D eigenvalue weighted by molar-refractivity contribution is -0.120. The normalized spacial score (nSPS) is 10.1. The lowest BCUT2D eigenvalue weighted by Crippen LogP contribution is -2.24. The van der Waals surface area contributed by atoms with Crippen LogP contribution in [0.1, 0.15) is 12.0 Å². The molecule has 0 aromatic heterocycles. The maximum Gasteiger partial charge on any atom is 0.221 e. The van der Waals surface area contributed by atoms with Gasteiger partial charge in [-0.1, -0.05) is 0 Å². The highest BCUT2D eigenvalue weighted by Gasteiger charge is 2.00. The maximum absolute atomic E-state index is 12.9. The first-order valence-electron chi connectivity index (χ1n) is 5.01. The molecular weight excluding hydrogens is 211 g/mol. The summed E-state index contributed by atoms with van der Waals surface area (Å²) in [4.78, 5) is 10.9. The molecule has 0 saturated carbocycles. The van der Waals surface area contributed by atoms with E-state index in [0.29, 0.717) is 25.1 Å². The monoisotopic (exact) mass is 226 g/mol. The molecule has 5 heteroatoms. The number of rotatable bonds is 5. The zero-order valence-corrected chi connectivity index (χ0v) is 9.09. The van der Waals surface area contributed by atoms with Gasteiger partial charge in [0, 0.05) is 32.6 Å². The number of hydrogen-bond donors (Lipinski definition) is 3. The molecule has 0 aliphatic carbocycles. The lowest BCUT2D eigenvalue weighted by Gasteiger charge is -2.05. The maximum atomic E-state index is 12.9. The second-order valence-corrected chi connectivity index (χ2v) is 3.42. The second-order valence-electron chi connectivity index (χ2n) is 3.42. The van der Waals surface area contributed by atoms with Gasteiger partial charge >= 0.3 is 0 Å². The third kappa shape index (κ3) is 4.27. The number of aromatic hydroxyl groups is 1. The summed E-state index contributed by atoms with van der Waals surface area (Å²) in [6, 6.07) is 3.87. The van der Waals surface area contributed by atoms with Crippen molar-refractivity contribution in [3.63, 3.8) is 0 Å². The van der Waals surface area contributed by atoms with Crippen LogP contribution in [0.2, 0.25) is 0 Å². The van der Waals surface area contributed by atoms with Crippen LogP contribution in [-0.2, 0) is 11.3 Å². The van der Waals surface area contributed by atoms with Gasteiger partial charge in [0.15, 0.2) is 0 Å². The van der Waals surface area contributed by atoms with E-state index >= 15 is 0 Å². The average molecular weight is 226 g/mol. The molecule has 0 spiro atoms. The highest BCUT2D eigenvalue weighted by atomic mass is 19.1. The van der Waals surface area contributed by atoms with Gasteiger partial charge in [-0.3, -0.25) is 4.79 Å². The van der Waals surface area contributed by atoms with E-state index in [1.165, 1.54) is 12.1 Å². The first kappa shape index (κ1) is 12.4. The van der Waals surface area contributed by atoms with Crippen molar-refractivity contribution in [2.75, 3.05) is 13.6 Å². The number of phenols is 1. The van der Waals surface area contributed by atoms with Crippen molar-refractivity contribution < 1.29 is 14.3 Å². The van der Waals surface area contributed by atoms with Crippen LogP contribution in [0.4, 0.5) is 4.39 Å². The minimum atomic E-state index is -0.469. The van der Waals surface area contributed by atoms with E-state index in [4.69, 9.17) is 5.11 Å². The van der Waals surface area contributed by atoms with Gasteiger partial charge in [0.05, 0.1) is 0 Å². The quantitative estimate of drug-likeness (QED) is 0.649. The molecular formula is C11H15FN2O2. The summed E-state index contributed by atoms with van der Waals surface area (Å²) >= 11 is 0. The molecule has 1 aromatic rings. The summed E-state index contributed by atoms with van der Waals surface area (Å²) in [6.07, 6.45) is 0.373. The van der Waals surface area contributed by atoms with Crippen molar-refractivity contribution in [2.45, 2.75) is 13.0 Å². The summed E-state index contributed by atoms with van der Waals surface area (Å²) < 4.78 is 12.9. The number of phenolic OH excluding ortho intramolecular Hbond substituents is 1. The molecule has 16 heavy (non-hydrogen) atoms. The van der Waals surface area contributed by atoms with Gasteiger partial charge < -0.3 is 15.7 Å². The first-order chi connectivity index (χ1) is 7.61. The Hall–Kier alpha value is -1.62. The van der Waals surface area contributed by atoms with Crippen molar-refractivity contribution in [1.29, 1.82) is 0 Å². The van der Waals surface area contributed by atoms with E-state index in [1.54, 1.807) is 7.05 Å². The Morgan fingerprint density at radius 1 is 1.44 bits per heavy atom. The smallest absolute Gasteiger partial charge is 0.221 e. The van der Waals surface area contributed by atoms with Crippen LogP contribution in [0, 0.1) is 5.82 Å². The number of carbonyl (C=O) groups excluding carboxylic acids is 1. The predicted molar refractivity (Wildman–Crippen MR) is 58.5 cm³/mol. The van der Waals surface area contributed by atoms with Crippen LogP contribution in [-0.4, -0.2) is 24.6 Å². The molecule has 0 radical (unpaired) electrons. The minimum absolute atomic E-state index is 0.0467. The fourth-order valence-electron chi connectivity index (χ4n) is 1.30. The highest BCUT2D eigenvalue weighted by molar-refractivity contribution is 5.75. The molecule has 0 atom stereocenters. The third-order valence-electron chi connectivity index (χ3n) is 2.08. The van der Waals surface area contributed by atoms with Gasteiger partial charge in [0.1, 0.15) is 11.6 Å². The SMILES string of the molecule is CNC(=O)CCNCc1cc(O)cc(F)c1. The molecule has 0 heterocycles. The van der Waals surface area contributed by atoms with E-state index in [2.05, 4.69) is 10.6 Å². The highest BCUT2D eigenvalue weighted by Crippen LogP contribution is 2.14. The van der Waals surface area contributed by atoms with Crippen LogP contribution in [0.3, 0.4) is 0 Å². The molecule has 1 rings (SSSR count). The van der Waals surface area contributed by atoms with Gasteiger partial charge in [-0.2, -0.15) is 0 Å². The zero-order valence-electron chi connectivity index (χ0n) is 9.09. The summed E-state index contributed by atoms with van der Waals surface area (Å²) in [6.45, 7) is 0.930. The van der Waals surface area contributed by atoms with Crippen LogP contribution in [0.5, 0.6) is 5.75 Å². The predicted octanol–water partition coefficient (Wildman–Crippen LogP) is 0.757. The number of benzene rings is 1. The molecule has 0 aliphatic heterocycles. The Kier molecular flexibility index (Phi) is 4.72. The molecule has 0 fully saturated rings. The van der Waals surface area contributed by atoms with Crippen LogP contribution in [0.15, 0.2) is 18.2 Å². The van der Waals surface area contributed by atoms with Gasteiger partial charge in [0.25, 0.3) is 0 Å². The molecule has 0 unspecified atom stereocenters. The van der Waals surface area contributed by atoms with E-state index in [-0.39, 0.29) is 11.7 Å². The number of carbonyl (C=O) groups is 1. The van der Waals surface area contributed by atoms with Crippen molar-refractivity contribution in [3.05, 3.63) is 29.6 Å². The minimum Gasteiger partial charge on any atom is -0.508 e.